The topological polar surface area (TPSA) is 47.6 Å². The highest BCUT2D eigenvalue weighted by atomic mass is 35.5. The Balaban J connectivity index is 0.00000261. The number of piperidine rings is 1. The van der Waals surface area contributed by atoms with Crippen LogP contribution in [-0.4, -0.2) is 62.7 Å². The molecular formula is C21H35ClN4O. The number of hydrogen-bond donors (Lipinski definition) is 2. The number of halogens is 1. The van der Waals surface area contributed by atoms with Gasteiger partial charge in [-0.15, -0.1) is 12.4 Å². The SMILES string of the molecule is Cc1cccc(N2CCN(CCCNC(=O)[C@H]3CCN[C@@H](C)C3)CC2)c1.Cl. The van der Waals surface area contributed by atoms with Crippen molar-refractivity contribution in [1.29, 1.82) is 0 Å². The van der Waals surface area contributed by atoms with Gasteiger partial charge in [0.05, 0.1) is 0 Å². The van der Waals surface area contributed by atoms with Gasteiger partial charge in [0.15, 0.2) is 0 Å². The minimum Gasteiger partial charge on any atom is -0.369 e. The molecule has 0 radical (unpaired) electrons. The standard InChI is InChI=1S/C21H34N4O.ClH/c1-17-5-3-6-20(15-17)25-13-11-24(12-14-25)10-4-8-23-21(26)19-7-9-22-18(2)16-19;/h3,5-6,15,18-19,22H,4,7-14,16H2,1-2H3,(H,23,26);1H/t18-,19-;/m0./s1. The van der Waals surface area contributed by atoms with Crippen LogP contribution in [0.2, 0.25) is 0 Å². The van der Waals surface area contributed by atoms with Crippen molar-refractivity contribution in [2.24, 2.45) is 5.92 Å². The number of nitrogens with zero attached hydrogens (tertiary/aromatic N) is 2. The van der Waals surface area contributed by atoms with Gasteiger partial charge in [-0.25, -0.2) is 0 Å². The highest BCUT2D eigenvalue weighted by molar-refractivity contribution is 5.85. The van der Waals surface area contributed by atoms with E-state index < -0.39 is 0 Å². The third-order valence-corrected chi connectivity index (χ3v) is 5.68. The molecule has 2 N–H and O–H groups in total. The van der Waals surface area contributed by atoms with E-state index in [1.807, 2.05) is 0 Å². The van der Waals surface area contributed by atoms with E-state index in [1.54, 1.807) is 0 Å². The highest BCUT2D eigenvalue weighted by Gasteiger charge is 2.24. The van der Waals surface area contributed by atoms with Crippen molar-refractivity contribution in [3.63, 3.8) is 0 Å². The molecule has 1 amide bonds. The van der Waals surface area contributed by atoms with Gasteiger partial charge in [-0.2, -0.15) is 0 Å². The van der Waals surface area contributed by atoms with Crippen LogP contribution in [0.4, 0.5) is 5.69 Å². The monoisotopic (exact) mass is 394 g/mol. The van der Waals surface area contributed by atoms with E-state index in [0.717, 1.165) is 65.1 Å². The quantitative estimate of drug-likeness (QED) is 0.727. The van der Waals surface area contributed by atoms with Gasteiger partial charge in [0, 0.05) is 50.4 Å². The van der Waals surface area contributed by atoms with Gasteiger partial charge < -0.3 is 15.5 Å². The minimum absolute atomic E-state index is 0. The molecule has 0 aromatic heterocycles. The van der Waals surface area contributed by atoms with Gasteiger partial charge in [-0.3, -0.25) is 9.69 Å². The second-order valence-corrected chi connectivity index (χ2v) is 7.89. The summed E-state index contributed by atoms with van der Waals surface area (Å²) in [5.41, 5.74) is 2.66. The third kappa shape index (κ3) is 6.66. The zero-order chi connectivity index (χ0) is 18.4. The summed E-state index contributed by atoms with van der Waals surface area (Å²) in [5, 5.41) is 6.55. The molecule has 0 unspecified atom stereocenters. The van der Waals surface area contributed by atoms with Crippen molar-refractivity contribution in [2.45, 2.75) is 39.2 Å². The molecule has 0 saturated carbocycles. The summed E-state index contributed by atoms with van der Waals surface area (Å²) in [6.45, 7) is 11.5. The predicted octanol–water partition coefficient (Wildman–Crippen LogP) is 2.43. The number of amides is 1. The molecule has 2 saturated heterocycles. The van der Waals surface area contributed by atoms with Gasteiger partial charge in [-0.05, 0) is 63.9 Å². The van der Waals surface area contributed by atoms with Gasteiger partial charge in [0.1, 0.15) is 0 Å². The third-order valence-electron chi connectivity index (χ3n) is 5.68. The Bertz CT molecular complexity index is 589. The molecule has 2 heterocycles. The highest BCUT2D eigenvalue weighted by Crippen LogP contribution is 2.18. The van der Waals surface area contributed by atoms with Crippen LogP contribution in [0, 0.1) is 12.8 Å². The molecule has 152 valence electrons. The number of carbonyl (C=O) groups excluding carboxylic acids is 1. The van der Waals surface area contributed by atoms with Crippen LogP contribution in [0.1, 0.15) is 31.7 Å². The summed E-state index contributed by atoms with van der Waals surface area (Å²) in [6.07, 6.45) is 2.97. The molecule has 6 heteroatoms. The van der Waals surface area contributed by atoms with E-state index in [2.05, 4.69) is 58.5 Å². The molecular weight excluding hydrogens is 360 g/mol. The van der Waals surface area contributed by atoms with Crippen LogP contribution in [0.25, 0.3) is 0 Å². The maximum atomic E-state index is 12.3. The maximum absolute atomic E-state index is 12.3. The Morgan fingerprint density at radius 1 is 1.26 bits per heavy atom. The van der Waals surface area contributed by atoms with Crippen LogP contribution in [-0.2, 0) is 4.79 Å². The Morgan fingerprint density at radius 3 is 2.74 bits per heavy atom. The molecule has 1 aromatic rings. The van der Waals surface area contributed by atoms with Crippen LogP contribution in [0.15, 0.2) is 24.3 Å². The molecule has 2 aliphatic rings. The molecule has 5 nitrogen and oxygen atoms in total. The lowest BCUT2D eigenvalue weighted by atomic mass is 9.92. The molecule has 0 bridgehead atoms. The first kappa shape index (κ1) is 22.0. The number of nitrogens with one attached hydrogen (secondary N) is 2. The Kier molecular flexibility index (Phi) is 8.87. The van der Waals surface area contributed by atoms with Crippen LogP contribution in [0.5, 0.6) is 0 Å². The fourth-order valence-electron chi connectivity index (χ4n) is 4.08. The van der Waals surface area contributed by atoms with E-state index in [-0.39, 0.29) is 24.2 Å². The summed E-state index contributed by atoms with van der Waals surface area (Å²) in [6, 6.07) is 9.23. The smallest absolute Gasteiger partial charge is 0.223 e. The van der Waals surface area contributed by atoms with Crippen LogP contribution < -0.4 is 15.5 Å². The zero-order valence-corrected chi connectivity index (χ0v) is 17.6. The first-order chi connectivity index (χ1) is 12.6. The number of benzene rings is 1. The van der Waals surface area contributed by atoms with Gasteiger partial charge in [0.2, 0.25) is 5.91 Å². The lowest BCUT2D eigenvalue weighted by Gasteiger charge is -2.36. The average molecular weight is 395 g/mol. The normalized spacial score (nSPS) is 23.6. The summed E-state index contributed by atoms with van der Waals surface area (Å²) < 4.78 is 0. The van der Waals surface area contributed by atoms with Crippen LogP contribution >= 0.6 is 12.4 Å². The number of hydrogen-bond acceptors (Lipinski definition) is 4. The fraction of sp³-hybridized carbons (Fsp3) is 0.667. The number of piperazine rings is 1. The van der Waals surface area contributed by atoms with Crippen molar-refractivity contribution < 1.29 is 4.79 Å². The van der Waals surface area contributed by atoms with Crippen molar-refractivity contribution in [3.8, 4) is 0 Å². The molecule has 2 atom stereocenters. The van der Waals surface area contributed by atoms with Crippen molar-refractivity contribution in [3.05, 3.63) is 29.8 Å². The van der Waals surface area contributed by atoms with E-state index in [0.29, 0.717) is 6.04 Å². The molecule has 3 rings (SSSR count). The Labute approximate surface area is 170 Å². The van der Waals surface area contributed by atoms with E-state index in [4.69, 9.17) is 0 Å². The molecule has 27 heavy (non-hydrogen) atoms. The van der Waals surface area contributed by atoms with Gasteiger partial charge in [-0.1, -0.05) is 12.1 Å². The van der Waals surface area contributed by atoms with E-state index >= 15 is 0 Å². The minimum atomic E-state index is 0. The second-order valence-electron chi connectivity index (χ2n) is 7.89. The Morgan fingerprint density at radius 2 is 2.04 bits per heavy atom. The Hall–Kier alpha value is -1.30. The first-order valence-corrected chi connectivity index (χ1v) is 10.2. The number of aryl methyl sites for hydroxylation is 1. The maximum Gasteiger partial charge on any atom is 0.223 e. The van der Waals surface area contributed by atoms with Gasteiger partial charge >= 0.3 is 0 Å². The fourth-order valence-corrected chi connectivity index (χ4v) is 4.08. The van der Waals surface area contributed by atoms with Crippen molar-refractivity contribution in [2.75, 3.05) is 50.7 Å². The largest absolute Gasteiger partial charge is 0.369 e. The average Bonchev–Trinajstić information content (AvgIpc) is 2.65. The zero-order valence-electron chi connectivity index (χ0n) is 16.7. The van der Waals surface area contributed by atoms with E-state index in [9.17, 15) is 4.79 Å². The molecule has 0 aliphatic carbocycles. The molecule has 1 aromatic carbocycles. The summed E-state index contributed by atoms with van der Waals surface area (Å²) >= 11 is 0. The first-order valence-electron chi connectivity index (χ1n) is 10.2. The molecule has 0 spiro atoms. The molecule has 2 fully saturated rings. The lowest BCUT2D eigenvalue weighted by Crippen LogP contribution is -2.47. The number of anilines is 1. The number of rotatable bonds is 6. The van der Waals surface area contributed by atoms with Crippen molar-refractivity contribution >= 4 is 24.0 Å². The van der Waals surface area contributed by atoms with Crippen molar-refractivity contribution in [1.82, 2.24) is 15.5 Å². The number of carbonyl (C=O) groups is 1. The predicted molar refractivity (Wildman–Crippen MR) is 115 cm³/mol. The second kappa shape index (κ2) is 10.9. The van der Waals surface area contributed by atoms with Crippen LogP contribution in [0.3, 0.4) is 0 Å². The summed E-state index contributed by atoms with van der Waals surface area (Å²) in [4.78, 5) is 17.3. The lowest BCUT2D eigenvalue weighted by molar-refractivity contribution is -0.126. The summed E-state index contributed by atoms with van der Waals surface area (Å²) in [5.74, 6) is 0.451. The summed E-state index contributed by atoms with van der Waals surface area (Å²) in [7, 11) is 0. The molecule has 2 aliphatic heterocycles. The van der Waals surface area contributed by atoms with E-state index in [1.165, 1.54) is 11.3 Å². The van der Waals surface area contributed by atoms with Gasteiger partial charge in [0.25, 0.3) is 0 Å².